The molecule has 1 fully saturated rings. The summed E-state index contributed by atoms with van der Waals surface area (Å²) in [5.74, 6) is -1.84. The fourth-order valence-electron chi connectivity index (χ4n) is 2.90. The van der Waals surface area contributed by atoms with Crippen molar-refractivity contribution in [1.82, 2.24) is 14.7 Å². The van der Waals surface area contributed by atoms with Gasteiger partial charge in [-0.1, -0.05) is 30.3 Å². The van der Waals surface area contributed by atoms with Gasteiger partial charge >= 0.3 is 5.97 Å². The van der Waals surface area contributed by atoms with E-state index in [1.165, 1.54) is 4.90 Å². The molecule has 2 amide bonds. The number of hydrogen-bond donors (Lipinski definition) is 1. The van der Waals surface area contributed by atoms with Crippen LogP contribution in [0.2, 0.25) is 0 Å². The first-order chi connectivity index (χ1) is 11.9. The molecule has 1 aromatic rings. The van der Waals surface area contributed by atoms with Gasteiger partial charge in [-0.05, 0) is 19.7 Å². The molecule has 7 nitrogen and oxygen atoms in total. The summed E-state index contributed by atoms with van der Waals surface area (Å²) in [5.41, 5.74) is 1.01. The lowest BCUT2D eigenvalue weighted by Crippen LogP contribution is -2.43. The van der Waals surface area contributed by atoms with E-state index in [0.29, 0.717) is 26.2 Å². The number of aliphatic carboxylic acids is 1. The van der Waals surface area contributed by atoms with Crippen LogP contribution in [0.4, 0.5) is 0 Å². The Morgan fingerprint density at radius 2 is 1.88 bits per heavy atom. The average molecular weight is 347 g/mol. The van der Waals surface area contributed by atoms with Gasteiger partial charge in [0.2, 0.25) is 11.8 Å². The van der Waals surface area contributed by atoms with Crippen LogP contribution in [0.15, 0.2) is 30.3 Å². The zero-order valence-electron chi connectivity index (χ0n) is 14.7. The Balaban J connectivity index is 2.00. The summed E-state index contributed by atoms with van der Waals surface area (Å²) in [7, 11) is 3.73. The van der Waals surface area contributed by atoms with Gasteiger partial charge in [-0.15, -0.1) is 0 Å². The lowest BCUT2D eigenvalue weighted by molar-refractivity contribution is -0.146. The number of hydrogen-bond acceptors (Lipinski definition) is 4. The Kier molecular flexibility index (Phi) is 6.52. The highest BCUT2D eigenvalue weighted by atomic mass is 16.4. The van der Waals surface area contributed by atoms with Crippen LogP contribution in [-0.2, 0) is 20.9 Å². The van der Waals surface area contributed by atoms with E-state index in [-0.39, 0.29) is 24.8 Å². The molecule has 1 heterocycles. The maximum Gasteiger partial charge on any atom is 0.323 e. The fourth-order valence-corrected chi connectivity index (χ4v) is 2.90. The third-order valence-electron chi connectivity index (χ3n) is 4.23. The van der Waals surface area contributed by atoms with Gasteiger partial charge in [-0.2, -0.15) is 0 Å². The SMILES string of the molecule is CN(C)CCN(CC(=O)O)C(=O)C1CC(=O)N(Cc2ccccc2)C1. The molecule has 2 rings (SSSR count). The molecule has 0 spiro atoms. The largest absolute Gasteiger partial charge is 0.480 e. The molecule has 1 aliphatic rings. The average Bonchev–Trinajstić information content (AvgIpc) is 2.92. The molecule has 136 valence electrons. The summed E-state index contributed by atoms with van der Waals surface area (Å²) in [5, 5.41) is 9.05. The zero-order chi connectivity index (χ0) is 18.4. The summed E-state index contributed by atoms with van der Waals surface area (Å²) >= 11 is 0. The molecule has 0 aromatic heterocycles. The molecule has 1 N–H and O–H groups in total. The van der Waals surface area contributed by atoms with E-state index < -0.39 is 11.9 Å². The zero-order valence-corrected chi connectivity index (χ0v) is 14.7. The van der Waals surface area contributed by atoms with Crippen LogP contribution < -0.4 is 0 Å². The normalized spacial score (nSPS) is 17.2. The topological polar surface area (TPSA) is 81.2 Å². The molecule has 25 heavy (non-hydrogen) atoms. The summed E-state index contributed by atoms with van der Waals surface area (Å²) in [6.07, 6.45) is 0.143. The molecule has 1 saturated heterocycles. The molecule has 0 radical (unpaired) electrons. The van der Waals surface area contributed by atoms with Crippen molar-refractivity contribution in [1.29, 1.82) is 0 Å². The van der Waals surface area contributed by atoms with E-state index in [0.717, 1.165) is 5.56 Å². The fraction of sp³-hybridized carbons (Fsp3) is 0.500. The molecule has 7 heteroatoms. The smallest absolute Gasteiger partial charge is 0.323 e. The van der Waals surface area contributed by atoms with Crippen molar-refractivity contribution in [3.05, 3.63) is 35.9 Å². The molecular formula is C18H25N3O4. The standard InChI is InChI=1S/C18H25N3O4/c1-19(2)8-9-20(13-17(23)24)18(25)15-10-16(22)21(12-15)11-14-6-4-3-5-7-14/h3-7,15H,8-13H2,1-2H3,(H,23,24). The number of amides is 2. The van der Waals surface area contributed by atoms with E-state index in [1.807, 2.05) is 49.3 Å². The van der Waals surface area contributed by atoms with Crippen molar-refractivity contribution in [2.24, 2.45) is 5.92 Å². The van der Waals surface area contributed by atoms with Gasteiger partial charge in [0.1, 0.15) is 6.54 Å². The van der Waals surface area contributed by atoms with Crippen LogP contribution in [0.3, 0.4) is 0 Å². The minimum atomic E-state index is -1.04. The number of carboxylic acids is 1. The van der Waals surface area contributed by atoms with E-state index in [4.69, 9.17) is 5.11 Å². The number of nitrogens with zero attached hydrogens (tertiary/aromatic N) is 3. The number of carboxylic acid groups (broad SMARTS) is 1. The maximum atomic E-state index is 12.7. The number of likely N-dealkylation sites (N-methyl/N-ethyl adjacent to an activating group) is 1. The monoisotopic (exact) mass is 347 g/mol. The van der Waals surface area contributed by atoms with Gasteiger partial charge in [0.25, 0.3) is 0 Å². The molecule has 0 saturated carbocycles. The first-order valence-electron chi connectivity index (χ1n) is 8.34. The molecule has 1 aromatic carbocycles. The quantitative estimate of drug-likeness (QED) is 0.741. The van der Waals surface area contributed by atoms with Gasteiger partial charge < -0.3 is 19.8 Å². The number of likely N-dealkylation sites (tertiary alicyclic amines) is 1. The Morgan fingerprint density at radius 1 is 1.20 bits per heavy atom. The van der Waals surface area contributed by atoms with Crippen molar-refractivity contribution in [2.75, 3.05) is 40.3 Å². The highest BCUT2D eigenvalue weighted by Crippen LogP contribution is 2.22. The van der Waals surface area contributed by atoms with Crippen molar-refractivity contribution >= 4 is 17.8 Å². The van der Waals surface area contributed by atoms with Crippen LogP contribution >= 0.6 is 0 Å². The Morgan fingerprint density at radius 3 is 2.48 bits per heavy atom. The second-order valence-corrected chi connectivity index (χ2v) is 6.62. The molecule has 0 bridgehead atoms. The number of benzene rings is 1. The Bertz CT molecular complexity index is 618. The number of carbonyl (C=O) groups excluding carboxylic acids is 2. The summed E-state index contributed by atoms with van der Waals surface area (Å²) in [6, 6.07) is 9.62. The van der Waals surface area contributed by atoms with Gasteiger partial charge in [0.15, 0.2) is 0 Å². The molecular weight excluding hydrogens is 322 g/mol. The molecule has 1 aliphatic heterocycles. The highest BCUT2D eigenvalue weighted by molar-refractivity contribution is 5.90. The van der Waals surface area contributed by atoms with Gasteiger partial charge in [0.05, 0.1) is 5.92 Å². The van der Waals surface area contributed by atoms with Crippen LogP contribution in [0.25, 0.3) is 0 Å². The van der Waals surface area contributed by atoms with Crippen molar-refractivity contribution in [2.45, 2.75) is 13.0 Å². The minimum Gasteiger partial charge on any atom is -0.480 e. The predicted octanol–water partition coefficient (Wildman–Crippen LogP) is 0.510. The minimum absolute atomic E-state index is 0.0647. The maximum absolute atomic E-state index is 12.7. The third-order valence-corrected chi connectivity index (χ3v) is 4.23. The van der Waals surface area contributed by atoms with Crippen LogP contribution in [-0.4, -0.2) is 77.9 Å². The van der Waals surface area contributed by atoms with E-state index >= 15 is 0 Å². The van der Waals surface area contributed by atoms with Gasteiger partial charge in [-0.25, -0.2) is 0 Å². The second-order valence-electron chi connectivity index (χ2n) is 6.62. The number of rotatable bonds is 8. The molecule has 1 unspecified atom stereocenters. The Labute approximate surface area is 147 Å². The summed E-state index contributed by atoms with van der Waals surface area (Å²) < 4.78 is 0. The van der Waals surface area contributed by atoms with E-state index in [1.54, 1.807) is 4.90 Å². The summed E-state index contributed by atoms with van der Waals surface area (Å²) in [6.45, 7) is 1.38. The molecule has 1 atom stereocenters. The number of carbonyl (C=O) groups is 3. The highest BCUT2D eigenvalue weighted by Gasteiger charge is 2.36. The molecule has 0 aliphatic carbocycles. The van der Waals surface area contributed by atoms with Gasteiger partial charge in [-0.3, -0.25) is 14.4 Å². The second kappa shape index (κ2) is 8.62. The van der Waals surface area contributed by atoms with E-state index in [2.05, 4.69) is 0 Å². The first-order valence-corrected chi connectivity index (χ1v) is 8.34. The first kappa shape index (κ1) is 18.9. The predicted molar refractivity (Wildman–Crippen MR) is 92.7 cm³/mol. The van der Waals surface area contributed by atoms with Crippen molar-refractivity contribution in [3.63, 3.8) is 0 Å². The van der Waals surface area contributed by atoms with Crippen LogP contribution in [0, 0.1) is 5.92 Å². The third kappa shape index (κ3) is 5.56. The van der Waals surface area contributed by atoms with Gasteiger partial charge in [0, 0.05) is 32.6 Å². The lowest BCUT2D eigenvalue weighted by atomic mass is 10.1. The van der Waals surface area contributed by atoms with Crippen LogP contribution in [0.1, 0.15) is 12.0 Å². The Hall–Kier alpha value is -2.41. The van der Waals surface area contributed by atoms with Crippen LogP contribution in [0.5, 0.6) is 0 Å². The lowest BCUT2D eigenvalue weighted by Gasteiger charge is -2.25. The summed E-state index contributed by atoms with van der Waals surface area (Å²) in [4.78, 5) is 40.9. The van der Waals surface area contributed by atoms with E-state index in [9.17, 15) is 14.4 Å². The van der Waals surface area contributed by atoms with Crippen molar-refractivity contribution in [3.8, 4) is 0 Å². The van der Waals surface area contributed by atoms with Crippen molar-refractivity contribution < 1.29 is 19.5 Å².